The first-order chi connectivity index (χ1) is 17.5. The monoisotopic (exact) mass is 501 g/mol. The number of benzene rings is 1. The first-order valence-corrected chi connectivity index (χ1v) is 12.4. The van der Waals surface area contributed by atoms with Crippen molar-refractivity contribution in [1.82, 2.24) is 20.3 Å². The van der Waals surface area contributed by atoms with Gasteiger partial charge in [-0.25, -0.2) is 15.0 Å². The number of ether oxygens (including phenoxy) is 1. The number of thiazole rings is 1. The van der Waals surface area contributed by atoms with Crippen LogP contribution in [-0.4, -0.2) is 26.8 Å². The normalized spacial score (nSPS) is 11.5. The molecule has 0 fully saturated rings. The molecule has 9 heteroatoms. The van der Waals surface area contributed by atoms with Crippen LogP contribution in [0.2, 0.25) is 0 Å². The molecule has 0 bridgehead atoms. The summed E-state index contributed by atoms with van der Waals surface area (Å²) in [5.74, 6) is 0.871. The van der Waals surface area contributed by atoms with Crippen molar-refractivity contribution in [2.75, 3.05) is 5.32 Å². The second-order valence-electron chi connectivity index (χ2n) is 8.25. The maximum absolute atomic E-state index is 12.3. The van der Waals surface area contributed by atoms with Crippen molar-refractivity contribution < 1.29 is 14.3 Å². The highest BCUT2D eigenvalue weighted by molar-refractivity contribution is 7.15. The predicted molar refractivity (Wildman–Crippen MR) is 140 cm³/mol. The third-order valence-electron chi connectivity index (χ3n) is 5.25. The van der Waals surface area contributed by atoms with Crippen LogP contribution in [0.5, 0.6) is 0 Å². The fourth-order valence-corrected chi connectivity index (χ4v) is 4.49. The van der Waals surface area contributed by atoms with Crippen molar-refractivity contribution in [3.05, 3.63) is 89.2 Å². The molecule has 8 nitrogen and oxygen atoms in total. The first-order valence-electron chi connectivity index (χ1n) is 11.6. The average molecular weight is 502 g/mol. The quantitative estimate of drug-likeness (QED) is 0.282. The fourth-order valence-electron chi connectivity index (χ4n) is 3.52. The molecule has 0 aliphatic heterocycles. The molecule has 0 unspecified atom stereocenters. The van der Waals surface area contributed by atoms with E-state index in [2.05, 4.69) is 25.6 Å². The lowest BCUT2D eigenvalue weighted by molar-refractivity contribution is -0.145. The molecule has 4 rings (SSSR count). The number of amides is 1. The zero-order chi connectivity index (χ0) is 25.3. The van der Waals surface area contributed by atoms with Crippen LogP contribution >= 0.6 is 11.3 Å². The highest BCUT2D eigenvalue weighted by atomic mass is 32.1. The van der Waals surface area contributed by atoms with Crippen LogP contribution in [0.25, 0.3) is 10.6 Å². The van der Waals surface area contributed by atoms with Crippen LogP contribution in [-0.2, 0) is 20.9 Å². The number of nitrogens with zero attached hydrogens (tertiary/aromatic N) is 3. The lowest BCUT2D eigenvalue weighted by Gasteiger charge is -2.15. The Morgan fingerprint density at radius 3 is 2.64 bits per heavy atom. The molecule has 4 aromatic rings. The maximum atomic E-state index is 12.3. The van der Waals surface area contributed by atoms with Gasteiger partial charge in [0.1, 0.15) is 23.3 Å². The van der Waals surface area contributed by atoms with Crippen molar-refractivity contribution in [2.24, 2.45) is 0 Å². The van der Waals surface area contributed by atoms with Crippen molar-refractivity contribution in [2.45, 2.75) is 39.3 Å². The number of carbonyl (C=O) groups excluding carboxylic acids is 2. The summed E-state index contributed by atoms with van der Waals surface area (Å²) in [6.07, 6.45) is 4.03. The molecule has 2 N–H and O–H groups in total. The summed E-state index contributed by atoms with van der Waals surface area (Å²) < 4.78 is 5.37. The molecule has 0 radical (unpaired) electrons. The van der Waals surface area contributed by atoms with Gasteiger partial charge in [-0.1, -0.05) is 36.4 Å². The average Bonchev–Trinajstić information content (AvgIpc) is 3.36. The van der Waals surface area contributed by atoms with E-state index in [0.717, 1.165) is 27.5 Å². The van der Waals surface area contributed by atoms with E-state index in [1.54, 1.807) is 12.4 Å². The summed E-state index contributed by atoms with van der Waals surface area (Å²) >= 11 is 1.43. The molecule has 0 saturated carbocycles. The Morgan fingerprint density at radius 2 is 1.86 bits per heavy atom. The van der Waals surface area contributed by atoms with Crippen LogP contribution in [0.15, 0.2) is 73.1 Å². The van der Waals surface area contributed by atoms with Crippen LogP contribution < -0.4 is 10.6 Å². The standard InChI is InChI=1S/C27H27N5O3S/c1-18-13-14-28-25(15-18)32-24-10-6-9-21(31-24)23-16-29-27(36-23)22(30-19(2)33)11-12-26(34)35-17-20-7-4-3-5-8-20/h3-10,13-16,22H,11-12,17H2,1-2H3,(H,30,33)(H,28,31,32)/t22-/m0/s1. The number of carbonyl (C=O) groups is 2. The van der Waals surface area contributed by atoms with E-state index in [1.165, 1.54) is 18.3 Å². The topological polar surface area (TPSA) is 106 Å². The molecule has 184 valence electrons. The van der Waals surface area contributed by atoms with Crippen LogP contribution in [0.1, 0.15) is 41.9 Å². The van der Waals surface area contributed by atoms with Crippen LogP contribution in [0.3, 0.4) is 0 Å². The molecule has 0 aliphatic carbocycles. The zero-order valence-corrected chi connectivity index (χ0v) is 20.9. The van der Waals surface area contributed by atoms with E-state index < -0.39 is 6.04 Å². The van der Waals surface area contributed by atoms with E-state index in [1.807, 2.05) is 67.6 Å². The number of pyridine rings is 2. The van der Waals surface area contributed by atoms with Gasteiger partial charge in [-0.05, 0) is 48.7 Å². The zero-order valence-electron chi connectivity index (χ0n) is 20.1. The molecule has 0 aliphatic rings. The van der Waals surface area contributed by atoms with Gasteiger partial charge in [-0.3, -0.25) is 9.59 Å². The van der Waals surface area contributed by atoms with Gasteiger partial charge in [-0.15, -0.1) is 11.3 Å². The Kier molecular flexibility index (Phi) is 8.36. The summed E-state index contributed by atoms with van der Waals surface area (Å²) in [4.78, 5) is 38.5. The lowest BCUT2D eigenvalue weighted by Crippen LogP contribution is -2.26. The minimum Gasteiger partial charge on any atom is -0.461 e. The van der Waals surface area contributed by atoms with Crippen molar-refractivity contribution in [3.63, 3.8) is 0 Å². The molecule has 1 aromatic carbocycles. The molecule has 1 atom stereocenters. The number of hydrogen-bond donors (Lipinski definition) is 2. The second kappa shape index (κ2) is 12.0. The summed E-state index contributed by atoms with van der Waals surface area (Å²) in [7, 11) is 0. The highest BCUT2D eigenvalue weighted by Crippen LogP contribution is 2.31. The summed E-state index contributed by atoms with van der Waals surface area (Å²) in [5.41, 5.74) is 2.78. The van der Waals surface area contributed by atoms with E-state index in [9.17, 15) is 9.59 Å². The molecular weight excluding hydrogens is 474 g/mol. The van der Waals surface area contributed by atoms with E-state index in [4.69, 9.17) is 4.74 Å². The van der Waals surface area contributed by atoms with Gasteiger partial charge < -0.3 is 15.4 Å². The number of rotatable bonds is 10. The minimum absolute atomic E-state index is 0.161. The van der Waals surface area contributed by atoms with Crippen LogP contribution in [0.4, 0.5) is 11.6 Å². The number of esters is 1. The number of aromatic nitrogens is 3. The third kappa shape index (κ3) is 7.19. The van der Waals surface area contributed by atoms with E-state index in [0.29, 0.717) is 17.2 Å². The number of aryl methyl sites for hydroxylation is 1. The smallest absolute Gasteiger partial charge is 0.306 e. The minimum atomic E-state index is -0.400. The Hall–Kier alpha value is -4.11. The summed E-state index contributed by atoms with van der Waals surface area (Å²) in [6, 6.07) is 18.7. The molecule has 3 aromatic heterocycles. The van der Waals surface area contributed by atoms with Gasteiger partial charge in [0.2, 0.25) is 5.91 Å². The van der Waals surface area contributed by atoms with Gasteiger partial charge in [0.25, 0.3) is 0 Å². The molecule has 3 heterocycles. The van der Waals surface area contributed by atoms with Gasteiger partial charge in [-0.2, -0.15) is 0 Å². The Labute approximate surface area is 213 Å². The van der Waals surface area contributed by atoms with Gasteiger partial charge in [0, 0.05) is 25.7 Å². The Morgan fingerprint density at radius 1 is 1.03 bits per heavy atom. The largest absolute Gasteiger partial charge is 0.461 e. The second-order valence-corrected chi connectivity index (χ2v) is 9.31. The van der Waals surface area contributed by atoms with Crippen molar-refractivity contribution in [1.29, 1.82) is 0 Å². The summed E-state index contributed by atoms with van der Waals surface area (Å²) in [6.45, 7) is 3.68. The highest BCUT2D eigenvalue weighted by Gasteiger charge is 2.20. The summed E-state index contributed by atoms with van der Waals surface area (Å²) in [5, 5.41) is 6.83. The predicted octanol–water partition coefficient (Wildman–Crippen LogP) is 5.35. The Balaban J connectivity index is 1.41. The van der Waals surface area contributed by atoms with E-state index in [-0.39, 0.29) is 24.9 Å². The lowest BCUT2D eigenvalue weighted by atomic mass is 10.1. The molecular formula is C27H27N5O3S. The maximum Gasteiger partial charge on any atom is 0.306 e. The van der Waals surface area contributed by atoms with Crippen LogP contribution in [0, 0.1) is 6.92 Å². The molecule has 0 spiro atoms. The number of anilines is 2. The number of nitrogens with one attached hydrogen (secondary N) is 2. The van der Waals surface area contributed by atoms with Gasteiger partial charge in [0.05, 0.1) is 16.6 Å². The molecule has 1 amide bonds. The van der Waals surface area contributed by atoms with Gasteiger partial charge in [0.15, 0.2) is 0 Å². The van der Waals surface area contributed by atoms with Crippen molar-refractivity contribution in [3.8, 4) is 10.6 Å². The Bertz CT molecular complexity index is 1330. The van der Waals surface area contributed by atoms with Crippen molar-refractivity contribution >= 4 is 34.8 Å². The third-order valence-corrected chi connectivity index (χ3v) is 6.39. The molecule has 36 heavy (non-hydrogen) atoms. The molecule has 0 saturated heterocycles. The fraction of sp³-hybridized carbons (Fsp3) is 0.222. The SMILES string of the molecule is CC(=O)N[C@@H](CCC(=O)OCc1ccccc1)c1ncc(-c2cccc(Nc3cc(C)ccn3)n2)s1. The number of hydrogen-bond acceptors (Lipinski definition) is 8. The first kappa shape index (κ1) is 25.0. The van der Waals surface area contributed by atoms with Gasteiger partial charge >= 0.3 is 5.97 Å². The van der Waals surface area contributed by atoms with E-state index >= 15 is 0 Å².